The Morgan fingerprint density at radius 2 is 2.13 bits per heavy atom. The average molecular weight is 322 g/mol. The van der Waals surface area contributed by atoms with Crippen LogP contribution in [0.3, 0.4) is 0 Å². The van der Waals surface area contributed by atoms with Crippen LogP contribution in [0.15, 0.2) is 12.1 Å². The third-order valence-corrected chi connectivity index (χ3v) is 3.95. The highest BCUT2D eigenvalue weighted by atomic mass is 16.5. The standard InChI is InChI=1S/C17H26N2O4/c1-5-14-17(21)19(8-6-7-18(2)3)13-9-12(11-20)10-15(22-4)16(13)23-14/h9-10,14,20H,5-8,11H2,1-4H3. The number of carbonyl (C=O) groups excluding carboxylic acids is 1. The molecular formula is C17H26N2O4. The lowest BCUT2D eigenvalue weighted by Crippen LogP contribution is -2.46. The van der Waals surface area contributed by atoms with Crippen molar-refractivity contribution in [3.05, 3.63) is 17.7 Å². The van der Waals surface area contributed by atoms with Crippen LogP contribution in [0.1, 0.15) is 25.3 Å². The molecule has 0 fully saturated rings. The van der Waals surface area contributed by atoms with Gasteiger partial charge in [0.2, 0.25) is 0 Å². The fourth-order valence-electron chi connectivity index (χ4n) is 2.72. The normalized spacial score (nSPS) is 17.2. The molecule has 6 heteroatoms. The van der Waals surface area contributed by atoms with E-state index in [9.17, 15) is 9.90 Å². The zero-order chi connectivity index (χ0) is 17.0. The van der Waals surface area contributed by atoms with E-state index in [1.807, 2.05) is 21.0 Å². The van der Waals surface area contributed by atoms with Crippen molar-refractivity contribution in [1.29, 1.82) is 0 Å². The number of amides is 1. The summed E-state index contributed by atoms with van der Waals surface area (Å²) in [4.78, 5) is 16.5. The van der Waals surface area contributed by atoms with Gasteiger partial charge in [0.05, 0.1) is 19.4 Å². The van der Waals surface area contributed by atoms with Gasteiger partial charge in [-0.05, 0) is 51.2 Å². The summed E-state index contributed by atoms with van der Waals surface area (Å²) in [6.45, 7) is 3.33. The summed E-state index contributed by atoms with van der Waals surface area (Å²) in [5, 5.41) is 9.45. The fraction of sp³-hybridized carbons (Fsp3) is 0.588. The highest BCUT2D eigenvalue weighted by molar-refractivity contribution is 6.00. The summed E-state index contributed by atoms with van der Waals surface area (Å²) < 4.78 is 11.3. The molecule has 0 radical (unpaired) electrons. The second kappa shape index (κ2) is 7.66. The van der Waals surface area contributed by atoms with Crippen LogP contribution in [0, 0.1) is 0 Å². The van der Waals surface area contributed by atoms with Gasteiger partial charge in [0.25, 0.3) is 5.91 Å². The second-order valence-corrected chi connectivity index (χ2v) is 5.97. The number of anilines is 1. The van der Waals surface area contributed by atoms with E-state index in [1.54, 1.807) is 24.1 Å². The molecule has 0 aromatic heterocycles. The monoisotopic (exact) mass is 322 g/mol. The van der Waals surface area contributed by atoms with Crippen LogP contribution in [0.4, 0.5) is 5.69 Å². The van der Waals surface area contributed by atoms with Crippen molar-refractivity contribution in [3.8, 4) is 11.5 Å². The number of fused-ring (bicyclic) bond motifs is 1. The molecule has 6 nitrogen and oxygen atoms in total. The summed E-state index contributed by atoms with van der Waals surface area (Å²) in [5.74, 6) is 1.10. The van der Waals surface area contributed by atoms with Crippen LogP contribution in [-0.2, 0) is 11.4 Å². The van der Waals surface area contributed by atoms with Crippen LogP contribution in [0.5, 0.6) is 11.5 Å². The van der Waals surface area contributed by atoms with Crippen molar-refractivity contribution in [2.75, 3.05) is 39.2 Å². The third kappa shape index (κ3) is 3.76. The molecule has 0 aliphatic carbocycles. The number of hydrogen-bond donors (Lipinski definition) is 1. The zero-order valence-corrected chi connectivity index (χ0v) is 14.3. The number of aliphatic hydroxyl groups is 1. The summed E-state index contributed by atoms with van der Waals surface area (Å²) in [6, 6.07) is 3.55. The SMILES string of the molecule is CCC1Oc2c(OC)cc(CO)cc2N(CCCN(C)C)C1=O. The van der Waals surface area contributed by atoms with Gasteiger partial charge in [-0.3, -0.25) is 4.79 Å². The highest BCUT2D eigenvalue weighted by Crippen LogP contribution is 2.43. The number of rotatable bonds is 7. The number of nitrogens with zero attached hydrogens (tertiary/aromatic N) is 2. The van der Waals surface area contributed by atoms with Crippen molar-refractivity contribution in [3.63, 3.8) is 0 Å². The van der Waals surface area contributed by atoms with Gasteiger partial charge in [-0.15, -0.1) is 0 Å². The molecular weight excluding hydrogens is 296 g/mol. The lowest BCUT2D eigenvalue weighted by molar-refractivity contribution is -0.126. The molecule has 0 saturated heterocycles. The Kier molecular flexibility index (Phi) is 5.85. The first-order chi connectivity index (χ1) is 11.0. The Bertz CT molecular complexity index is 560. The summed E-state index contributed by atoms with van der Waals surface area (Å²) >= 11 is 0. The van der Waals surface area contributed by atoms with Crippen LogP contribution in [0.2, 0.25) is 0 Å². The number of benzene rings is 1. The van der Waals surface area contributed by atoms with Crippen molar-refractivity contribution in [1.82, 2.24) is 4.90 Å². The van der Waals surface area contributed by atoms with Crippen LogP contribution in [-0.4, -0.2) is 56.3 Å². The summed E-state index contributed by atoms with van der Waals surface area (Å²) in [6.07, 6.45) is 0.976. The molecule has 0 saturated carbocycles. The van der Waals surface area contributed by atoms with Crippen molar-refractivity contribution >= 4 is 11.6 Å². The van der Waals surface area contributed by atoms with E-state index in [2.05, 4.69) is 4.90 Å². The molecule has 1 aliphatic rings. The first kappa shape index (κ1) is 17.6. The Hall–Kier alpha value is -1.79. The molecule has 1 aliphatic heterocycles. The van der Waals surface area contributed by atoms with Crippen LogP contribution >= 0.6 is 0 Å². The Morgan fingerprint density at radius 3 is 2.70 bits per heavy atom. The van der Waals surface area contributed by atoms with Gasteiger partial charge in [-0.25, -0.2) is 0 Å². The first-order valence-corrected chi connectivity index (χ1v) is 7.96. The van der Waals surface area contributed by atoms with Crippen molar-refractivity contribution < 1.29 is 19.4 Å². The van der Waals surface area contributed by atoms with E-state index < -0.39 is 6.10 Å². The molecule has 1 N–H and O–H groups in total. The van der Waals surface area contributed by atoms with Gasteiger partial charge in [0.15, 0.2) is 17.6 Å². The Balaban J connectivity index is 2.39. The van der Waals surface area contributed by atoms with Crippen molar-refractivity contribution in [2.24, 2.45) is 0 Å². The fourth-order valence-corrected chi connectivity index (χ4v) is 2.72. The molecule has 1 aromatic rings. The minimum absolute atomic E-state index is 0.0316. The largest absolute Gasteiger partial charge is 0.493 e. The van der Waals surface area contributed by atoms with E-state index in [1.165, 1.54) is 0 Å². The molecule has 23 heavy (non-hydrogen) atoms. The smallest absolute Gasteiger partial charge is 0.268 e. The molecule has 1 unspecified atom stereocenters. The minimum atomic E-state index is -0.490. The Labute approximate surface area is 137 Å². The first-order valence-electron chi connectivity index (χ1n) is 7.96. The van der Waals surface area contributed by atoms with Gasteiger partial charge in [-0.2, -0.15) is 0 Å². The van der Waals surface area contributed by atoms with Gasteiger partial charge in [0, 0.05) is 6.54 Å². The van der Waals surface area contributed by atoms with E-state index in [-0.39, 0.29) is 12.5 Å². The third-order valence-electron chi connectivity index (χ3n) is 3.95. The molecule has 2 rings (SSSR count). The van der Waals surface area contributed by atoms with Crippen molar-refractivity contribution in [2.45, 2.75) is 32.5 Å². The van der Waals surface area contributed by atoms with E-state index in [0.717, 1.165) is 13.0 Å². The molecule has 1 heterocycles. The van der Waals surface area contributed by atoms with Gasteiger partial charge < -0.3 is 24.4 Å². The number of ether oxygens (including phenoxy) is 2. The molecule has 1 aromatic carbocycles. The van der Waals surface area contributed by atoms with Gasteiger partial charge >= 0.3 is 0 Å². The molecule has 1 atom stereocenters. The van der Waals surface area contributed by atoms with E-state index >= 15 is 0 Å². The number of hydrogen-bond acceptors (Lipinski definition) is 5. The quantitative estimate of drug-likeness (QED) is 0.827. The van der Waals surface area contributed by atoms with E-state index in [4.69, 9.17) is 9.47 Å². The highest BCUT2D eigenvalue weighted by Gasteiger charge is 2.35. The average Bonchev–Trinajstić information content (AvgIpc) is 2.55. The lowest BCUT2D eigenvalue weighted by Gasteiger charge is -2.35. The number of carbonyl (C=O) groups is 1. The second-order valence-electron chi connectivity index (χ2n) is 5.97. The van der Waals surface area contributed by atoms with Crippen LogP contribution < -0.4 is 14.4 Å². The predicted molar refractivity (Wildman–Crippen MR) is 89.1 cm³/mol. The summed E-state index contributed by atoms with van der Waals surface area (Å²) in [7, 11) is 5.58. The molecule has 128 valence electrons. The predicted octanol–water partition coefficient (Wildman–Crippen LogP) is 1.64. The zero-order valence-electron chi connectivity index (χ0n) is 14.3. The van der Waals surface area contributed by atoms with Gasteiger partial charge in [-0.1, -0.05) is 6.92 Å². The van der Waals surface area contributed by atoms with Crippen LogP contribution in [0.25, 0.3) is 0 Å². The maximum Gasteiger partial charge on any atom is 0.268 e. The topological polar surface area (TPSA) is 62.2 Å². The maximum absolute atomic E-state index is 12.7. The lowest BCUT2D eigenvalue weighted by atomic mass is 10.1. The number of aliphatic hydroxyl groups excluding tert-OH is 1. The number of methoxy groups -OCH3 is 1. The minimum Gasteiger partial charge on any atom is -0.493 e. The molecule has 0 bridgehead atoms. The maximum atomic E-state index is 12.7. The van der Waals surface area contributed by atoms with E-state index in [0.29, 0.717) is 35.7 Å². The van der Waals surface area contributed by atoms with Gasteiger partial charge in [0.1, 0.15) is 0 Å². The molecule has 1 amide bonds. The summed E-state index contributed by atoms with van der Waals surface area (Å²) in [5.41, 5.74) is 1.38. The Morgan fingerprint density at radius 1 is 1.39 bits per heavy atom. The molecule has 0 spiro atoms.